The molecule has 0 saturated heterocycles. The first-order valence-electron chi connectivity index (χ1n) is 10.4. The van der Waals surface area contributed by atoms with Crippen molar-refractivity contribution in [3.8, 4) is 11.5 Å². The Morgan fingerprint density at radius 2 is 1.47 bits per heavy atom. The van der Waals surface area contributed by atoms with Crippen molar-refractivity contribution in [3.05, 3.63) is 93.5 Å². The summed E-state index contributed by atoms with van der Waals surface area (Å²) in [6, 6.07) is 9.64. The van der Waals surface area contributed by atoms with Gasteiger partial charge in [-0.25, -0.2) is 4.79 Å². The molecule has 5 nitrogen and oxygen atoms in total. The second kappa shape index (κ2) is 9.60. The standard InChI is InChI=1S/C27H28O5/c1-16(2)5-8-19-13-18(7-11-22(19)28)14-24-26(30)25(27(31)32-24)21-10-12-23(29)20(15-21)9-6-17(3)4/h5-7,10-15,28-30H,8-9H2,1-4H3/p-1/b24-14-. The van der Waals surface area contributed by atoms with Crippen molar-refractivity contribution in [2.75, 3.05) is 0 Å². The Kier molecular flexibility index (Phi) is 6.89. The molecule has 0 aromatic heterocycles. The molecule has 1 heterocycles. The summed E-state index contributed by atoms with van der Waals surface area (Å²) in [5.74, 6) is -1.02. The third-order valence-corrected chi connectivity index (χ3v) is 5.09. The maximum Gasteiger partial charge on any atom is 0.343 e. The SMILES string of the molecule is CC(C)=CCc1cc(/C=C2\OC(=O)C(c3ccc(O)c(CC=C(C)C)c3)=C2[O-])ccc1O. The van der Waals surface area contributed by atoms with E-state index in [0.29, 0.717) is 35.1 Å². The van der Waals surface area contributed by atoms with E-state index >= 15 is 0 Å². The molecule has 0 saturated carbocycles. The van der Waals surface area contributed by atoms with E-state index in [-0.39, 0.29) is 22.8 Å². The fourth-order valence-electron chi connectivity index (χ4n) is 3.30. The lowest BCUT2D eigenvalue weighted by molar-refractivity contribution is -0.298. The maximum absolute atomic E-state index is 13.0. The smallest absolute Gasteiger partial charge is 0.343 e. The van der Waals surface area contributed by atoms with Crippen molar-refractivity contribution >= 4 is 17.6 Å². The average molecular weight is 432 g/mol. The van der Waals surface area contributed by atoms with Crippen molar-refractivity contribution in [2.45, 2.75) is 40.5 Å². The average Bonchev–Trinajstić information content (AvgIpc) is 3.00. The first-order valence-corrected chi connectivity index (χ1v) is 10.4. The minimum absolute atomic E-state index is 0.0572. The van der Waals surface area contributed by atoms with E-state index < -0.39 is 11.7 Å². The molecule has 0 bridgehead atoms. The van der Waals surface area contributed by atoms with Gasteiger partial charge in [-0.05, 0) is 98.9 Å². The number of phenols is 2. The summed E-state index contributed by atoms with van der Waals surface area (Å²) in [6.07, 6.45) is 6.50. The Hall–Kier alpha value is -3.73. The summed E-state index contributed by atoms with van der Waals surface area (Å²) in [7, 11) is 0. The molecule has 0 unspecified atom stereocenters. The van der Waals surface area contributed by atoms with Crippen molar-refractivity contribution in [1.82, 2.24) is 0 Å². The van der Waals surface area contributed by atoms with E-state index in [9.17, 15) is 20.1 Å². The van der Waals surface area contributed by atoms with Gasteiger partial charge in [0.1, 0.15) is 17.3 Å². The highest BCUT2D eigenvalue weighted by Gasteiger charge is 2.26. The number of allylic oxidation sites excluding steroid dienone is 4. The highest BCUT2D eigenvalue weighted by molar-refractivity contribution is 6.20. The van der Waals surface area contributed by atoms with Crippen LogP contribution in [0.5, 0.6) is 11.5 Å². The summed E-state index contributed by atoms with van der Waals surface area (Å²) < 4.78 is 5.27. The monoisotopic (exact) mass is 431 g/mol. The summed E-state index contributed by atoms with van der Waals surface area (Å²) >= 11 is 0. The molecule has 0 fully saturated rings. The van der Waals surface area contributed by atoms with Gasteiger partial charge in [0.2, 0.25) is 0 Å². The van der Waals surface area contributed by atoms with Crippen LogP contribution >= 0.6 is 0 Å². The van der Waals surface area contributed by atoms with Crippen molar-refractivity contribution in [3.63, 3.8) is 0 Å². The molecule has 0 spiro atoms. The quantitative estimate of drug-likeness (QED) is 0.507. The van der Waals surface area contributed by atoms with Gasteiger partial charge >= 0.3 is 5.97 Å². The van der Waals surface area contributed by atoms with Gasteiger partial charge in [-0.15, -0.1) is 0 Å². The number of rotatable bonds is 6. The van der Waals surface area contributed by atoms with E-state index in [1.165, 1.54) is 18.2 Å². The first-order chi connectivity index (χ1) is 15.2. The predicted molar refractivity (Wildman–Crippen MR) is 123 cm³/mol. The van der Waals surface area contributed by atoms with Crippen LogP contribution in [0.4, 0.5) is 0 Å². The molecular weight excluding hydrogens is 404 g/mol. The molecular formula is C27H27O5-. The lowest BCUT2D eigenvalue weighted by Gasteiger charge is -2.11. The summed E-state index contributed by atoms with van der Waals surface area (Å²) in [4.78, 5) is 12.5. The van der Waals surface area contributed by atoms with Crippen LogP contribution in [-0.2, 0) is 22.4 Å². The normalized spacial score (nSPS) is 14.5. The number of carbonyl (C=O) groups is 1. The number of aromatic hydroxyl groups is 2. The van der Waals surface area contributed by atoms with Crippen molar-refractivity contribution < 1.29 is 24.9 Å². The van der Waals surface area contributed by atoms with Crippen LogP contribution in [0.15, 0.2) is 71.2 Å². The topological polar surface area (TPSA) is 89.8 Å². The second-order valence-corrected chi connectivity index (χ2v) is 8.31. The number of hydrogen-bond acceptors (Lipinski definition) is 5. The number of hydrogen-bond donors (Lipinski definition) is 2. The van der Waals surface area contributed by atoms with Gasteiger partial charge < -0.3 is 20.1 Å². The van der Waals surface area contributed by atoms with Crippen molar-refractivity contribution in [2.24, 2.45) is 0 Å². The summed E-state index contributed by atoms with van der Waals surface area (Å²) in [5, 5.41) is 33.2. The van der Waals surface area contributed by atoms with Crippen LogP contribution in [-0.4, -0.2) is 16.2 Å². The van der Waals surface area contributed by atoms with E-state index in [2.05, 4.69) is 0 Å². The largest absolute Gasteiger partial charge is 0.869 e. The van der Waals surface area contributed by atoms with Crippen LogP contribution in [0.25, 0.3) is 11.6 Å². The van der Waals surface area contributed by atoms with Crippen LogP contribution in [0.2, 0.25) is 0 Å². The number of phenolic OH excluding ortho intramolecular Hbond substituents is 2. The van der Waals surface area contributed by atoms with Crippen LogP contribution in [0.1, 0.15) is 49.9 Å². The minimum atomic E-state index is -0.719. The Labute approximate surface area is 188 Å². The highest BCUT2D eigenvalue weighted by Crippen LogP contribution is 2.34. The summed E-state index contributed by atoms with van der Waals surface area (Å²) in [5.41, 5.74) is 4.56. The maximum atomic E-state index is 13.0. The molecule has 1 aliphatic heterocycles. The highest BCUT2D eigenvalue weighted by atomic mass is 16.6. The Morgan fingerprint density at radius 3 is 2.06 bits per heavy atom. The van der Waals surface area contributed by atoms with Crippen LogP contribution in [0, 0.1) is 0 Å². The Balaban J connectivity index is 1.97. The molecule has 1 aliphatic rings. The second-order valence-electron chi connectivity index (χ2n) is 8.31. The first kappa shape index (κ1) is 22.9. The third kappa shape index (κ3) is 5.30. The number of ether oxygens (including phenoxy) is 1. The number of esters is 1. The fourth-order valence-corrected chi connectivity index (χ4v) is 3.30. The Morgan fingerprint density at radius 1 is 0.906 bits per heavy atom. The van der Waals surface area contributed by atoms with E-state index in [4.69, 9.17) is 4.74 Å². The minimum Gasteiger partial charge on any atom is -0.869 e. The van der Waals surface area contributed by atoms with Gasteiger partial charge in [0.25, 0.3) is 0 Å². The number of cyclic esters (lactones) is 1. The van der Waals surface area contributed by atoms with Gasteiger partial charge in [0, 0.05) is 0 Å². The molecule has 32 heavy (non-hydrogen) atoms. The van der Waals surface area contributed by atoms with Crippen LogP contribution in [0.3, 0.4) is 0 Å². The Bertz CT molecular complexity index is 1170. The molecule has 0 aliphatic carbocycles. The molecule has 0 atom stereocenters. The molecule has 2 aromatic rings. The third-order valence-electron chi connectivity index (χ3n) is 5.09. The fraction of sp³-hybridized carbons (Fsp3) is 0.222. The molecule has 0 radical (unpaired) electrons. The van der Waals surface area contributed by atoms with Gasteiger partial charge in [-0.1, -0.05) is 35.4 Å². The molecule has 0 amide bonds. The zero-order valence-electron chi connectivity index (χ0n) is 18.7. The number of carbonyl (C=O) groups excluding carboxylic acids is 1. The van der Waals surface area contributed by atoms with Gasteiger partial charge in [-0.3, -0.25) is 0 Å². The lowest BCUT2D eigenvalue weighted by Crippen LogP contribution is -2.06. The molecule has 166 valence electrons. The predicted octanol–water partition coefficient (Wildman–Crippen LogP) is 4.78. The molecule has 5 heteroatoms. The molecule has 2 N–H and O–H groups in total. The van der Waals surface area contributed by atoms with Gasteiger partial charge in [0.05, 0.1) is 5.57 Å². The number of benzene rings is 2. The van der Waals surface area contributed by atoms with E-state index in [1.54, 1.807) is 24.3 Å². The van der Waals surface area contributed by atoms with E-state index in [0.717, 1.165) is 11.1 Å². The zero-order chi connectivity index (χ0) is 23.4. The molecule has 2 aromatic carbocycles. The zero-order valence-corrected chi connectivity index (χ0v) is 18.7. The van der Waals surface area contributed by atoms with Crippen molar-refractivity contribution in [1.29, 1.82) is 0 Å². The van der Waals surface area contributed by atoms with Gasteiger partial charge in [0.15, 0.2) is 0 Å². The molecule has 3 rings (SSSR count). The van der Waals surface area contributed by atoms with E-state index in [1.807, 2.05) is 39.8 Å². The summed E-state index contributed by atoms with van der Waals surface area (Å²) in [6.45, 7) is 7.87. The van der Waals surface area contributed by atoms with Crippen LogP contribution < -0.4 is 5.11 Å². The van der Waals surface area contributed by atoms with Gasteiger partial charge in [-0.2, -0.15) is 0 Å². The lowest BCUT2D eigenvalue weighted by atomic mass is 9.99.